The summed E-state index contributed by atoms with van der Waals surface area (Å²) in [6, 6.07) is 0.0427. The molecule has 0 heterocycles. The van der Waals surface area contributed by atoms with Gasteiger partial charge in [-0.1, -0.05) is 0 Å². The first kappa shape index (κ1) is 13.4. The molecule has 0 aliphatic rings. The van der Waals surface area contributed by atoms with E-state index in [-0.39, 0.29) is 5.56 Å². The molecule has 1 aromatic rings. The van der Waals surface area contributed by atoms with Gasteiger partial charge in [-0.05, 0) is 12.1 Å². The van der Waals surface area contributed by atoms with E-state index in [1.807, 2.05) is 0 Å². The molecule has 0 bridgehead atoms. The molecule has 1 unspecified atom stereocenters. The van der Waals surface area contributed by atoms with Crippen molar-refractivity contribution in [3.05, 3.63) is 39.7 Å². The van der Waals surface area contributed by atoms with Crippen LogP contribution in [0.15, 0.2) is 18.2 Å². The Hall–Kier alpha value is -1.70. The van der Waals surface area contributed by atoms with Crippen LogP contribution in [0.1, 0.15) is 5.56 Å². The lowest BCUT2D eigenvalue weighted by Gasteiger charge is -2.15. The van der Waals surface area contributed by atoms with Crippen LogP contribution >= 0.6 is 0 Å². The average Bonchev–Trinajstić information content (AvgIpc) is 2.15. The third-order valence-electron chi connectivity index (χ3n) is 2.10. The van der Waals surface area contributed by atoms with E-state index in [0.29, 0.717) is 6.07 Å². The quantitative estimate of drug-likeness (QED) is 0.509. The SMILES string of the molecule is NC(Cc1cc(F)ccc1[N+](=O)[O-])C(F)(F)F. The van der Waals surface area contributed by atoms with E-state index in [2.05, 4.69) is 0 Å². The van der Waals surface area contributed by atoms with Gasteiger partial charge in [0.1, 0.15) is 11.9 Å². The van der Waals surface area contributed by atoms with Gasteiger partial charge in [0.15, 0.2) is 0 Å². The zero-order valence-electron chi connectivity index (χ0n) is 8.37. The van der Waals surface area contributed by atoms with Crippen molar-refractivity contribution in [2.45, 2.75) is 18.6 Å². The molecule has 94 valence electrons. The molecule has 8 heteroatoms. The summed E-state index contributed by atoms with van der Waals surface area (Å²) in [4.78, 5) is 9.65. The number of benzene rings is 1. The number of halogens is 4. The fourth-order valence-electron chi connectivity index (χ4n) is 1.25. The van der Waals surface area contributed by atoms with E-state index in [4.69, 9.17) is 5.73 Å². The van der Waals surface area contributed by atoms with Gasteiger partial charge in [0.05, 0.1) is 4.92 Å². The minimum Gasteiger partial charge on any atom is -0.320 e. The molecular formula is C9H8F4N2O2. The Kier molecular flexibility index (Phi) is 3.66. The summed E-state index contributed by atoms with van der Waals surface area (Å²) in [5, 5.41) is 10.5. The van der Waals surface area contributed by atoms with Crippen molar-refractivity contribution in [2.75, 3.05) is 0 Å². The van der Waals surface area contributed by atoms with Crippen molar-refractivity contribution in [3.8, 4) is 0 Å². The van der Waals surface area contributed by atoms with Crippen molar-refractivity contribution in [1.29, 1.82) is 0 Å². The van der Waals surface area contributed by atoms with Crippen LogP contribution in [0.2, 0.25) is 0 Å². The van der Waals surface area contributed by atoms with E-state index in [1.54, 1.807) is 0 Å². The normalized spacial score (nSPS) is 13.5. The van der Waals surface area contributed by atoms with Gasteiger partial charge < -0.3 is 5.73 Å². The van der Waals surface area contributed by atoms with Gasteiger partial charge in [0.2, 0.25) is 0 Å². The lowest BCUT2D eigenvalue weighted by atomic mass is 10.0. The van der Waals surface area contributed by atoms with Crippen LogP contribution in [0.5, 0.6) is 0 Å². The molecule has 0 radical (unpaired) electrons. The standard InChI is InChI=1S/C9H8F4N2O2/c10-6-1-2-7(15(16)17)5(3-6)4-8(14)9(11,12)13/h1-3,8H,4,14H2. The fraction of sp³-hybridized carbons (Fsp3) is 0.333. The molecule has 0 aromatic heterocycles. The second-order valence-corrected chi connectivity index (χ2v) is 3.38. The average molecular weight is 252 g/mol. The molecule has 0 spiro atoms. The van der Waals surface area contributed by atoms with Crippen molar-refractivity contribution < 1.29 is 22.5 Å². The number of nitrogens with two attached hydrogens (primary N) is 1. The third kappa shape index (κ3) is 3.38. The summed E-state index contributed by atoms with van der Waals surface area (Å²) < 4.78 is 49.4. The summed E-state index contributed by atoms with van der Waals surface area (Å²) in [6.45, 7) is 0. The van der Waals surface area contributed by atoms with Gasteiger partial charge >= 0.3 is 6.18 Å². The van der Waals surface area contributed by atoms with E-state index >= 15 is 0 Å². The monoisotopic (exact) mass is 252 g/mol. The number of nitro benzene ring substituents is 1. The molecule has 2 N–H and O–H groups in total. The molecule has 0 aliphatic heterocycles. The maximum Gasteiger partial charge on any atom is 0.403 e. The first-order valence-electron chi connectivity index (χ1n) is 4.47. The second-order valence-electron chi connectivity index (χ2n) is 3.38. The summed E-state index contributed by atoms with van der Waals surface area (Å²) >= 11 is 0. The molecule has 1 aromatic carbocycles. The Morgan fingerprint density at radius 3 is 2.47 bits per heavy atom. The minimum atomic E-state index is -4.68. The summed E-state index contributed by atoms with van der Waals surface area (Å²) in [5.41, 5.74) is 3.88. The highest BCUT2D eigenvalue weighted by Crippen LogP contribution is 2.26. The van der Waals surface area contributed by atoms with Gasteiger partial charge in [-0.15, -0.1) is 0 Å². The summed E-state index contributed by atoms with van der Waals surface area (Å²) in [5.74, 6) is -0.847. The molecular weight excluding hydrogens is 244 g/mol. The second kappa shape index (κ2) is 4.66. The van der Waals surface area contributed by atoms with Crippen LogP contribution in [0.4, 0.5) is 23.2 Å². The molecule has 1 atom stereocenters. The highest BCUT2D eigenvalue weighted by molar-refractivity contribution is 5.40. The van der Waals surface area contributed by atoms with Gasteiger partial charge in [-0.3, -0.25) is 10.1 Å². The summed E-state index contributed by atoms with van der Waals surface area (Å²) in [7, 11) is 0. The first-order chi connectivity index (χ1) is 7.71. The van der Waals surface area contributed by atoms with Crippen molar-refractivity contribution >= 4 is 5.69 Å². The largest absolute Gasteiger partial charge is 0.403 e. The van der Waals surface area contributed by atoms with E-state index < -0.39 is 35.1 Å². The Labute approximate surface area is 93.2 Å². The van der Waals surface area contributed by atoms with E-state index in [9.17, 15) is 27.7 Å². The number of nitro groups is 1. The molecule has 0 fully saturated rings. The Morgan fingerprint density at radius 1 is 1.41 bits per heavy atom. The third-order valence-corrected chi connectivity index (χ3v) is 2.10. The van der Waals surface area contributed by atoms with Crippen LogP contribution < -0.4 is 5.73 Å². The number of nitrogens with zero attached hydrogens (tertiary/aromatic N) is 1. The van der Waals surface area contributed by atoms with Gasteiger partial charge in [-0.25, -0.2) is 4.39 Å². The Balaban J connectivity index is 3.04. The molecule has 1 rings (SSSR count). The molecule has 0 aliphatic carbocycles. The van der Waals surface area contributed by atoms with Gasteiger partial charge in [-0.2, -0.15) is 13.2 Å². The maximum atomic E-state index is 12.8. The number of rotatable bonds is 3. The smallest absolute Gasteiger partial charge is 0.320 e. The van der Waals surface area contributed by atoms with E-state index in [1.165, 1.54) is 0 Å². The van der Waals surface area contributed by atoms with Gasteiger partial charge in [0.25, 0.3) is 5.69 Å². The molecule has 0 saturated carbocycles. The predicted octanol–water partition coefficient (Wildman–Crippen LogP) is 2.17. The lowest BCUT2D eigenvalue weighted by molar-refractivity contribution is -0.385. The van der Waals surface area contributed by atoms with Crippen molar-refractivity contribution in [1.82, 2.24) is 0 Å². The molecule has 0 amide bonds. The fourth-order valence-corrected chi connectivity index (χ4v) is 1.25. The van der Waals surface area contributed by atoms with Crippen LogP contribution in [0, 0.1) is 15.9 Å². The topological polar surface area (TPSA) is 69.2 Å². The predicted molar refractivity (Wildman–Crippen MR) is 50.8 cm³/mol. The minimum absolute atomic E-state index is 0.375. The number of alkyl halides is 3. The Bertz CT molecular complexity index is 433. The number of hydrogen-bond donors (Lipinski definition) is 1. The van der Waals surface area contributed by atoms with Crippen molar-refractivity contribution in [2.24, 2.45) is 5.73 Å². The zero-order valence-corrected chi connectivity index (χ0v) is 8.37. The molecule has 17 heavy (non-hydrogen) atoms. The first-order valence-corrected chi connectivity index (χ1v) is 4.47. The van der Waals surface area contributed by atoms with Crippen LogP contribution in [0.25, 0.3) is 0 Å². The lowest BCUT2D eigenvalue weighted by Crippen LogP contribution is -2.39. The summed E-state index contributed by atoms with van der Waals surface area (Å²) in [6.07, 6.45) is -5.52. The highest BCUT2D eigenvalue weighted by Gasteiger charge is 2.37. The Morgan fingerprint density at radius 2 is 2.00 bits per heavy atom. The van der Waals surface area contributed by atoms with Crippen molar-refractivity contribution in [3.63, 3.8) is 0 Å². The molecule has 0 saturated heterocycles. The van der Waals surface area contributed by atoms with Crippen LogP contribution in [-0.4, -0.2) is 17.1 Å². The number of hydrogen-bond acceptors (Lipinski definition) is 3. The van der Waals surface area contributed by atoms with Crippen LogP contribution in [0.3, 0.4) is 0 Å². The highest BCUT2D eigenvalue weighted by atomic mass is 19.4. The van der Waals surface area contributed by atoms with Crippen LogP contribution in [-0.2, 0) is 6.42 Å². The van der Waals surface area contributed by atoms with E-state index in [0.717, 1.165) is 12.1 Å². The van der Waals surface area contributed by atoms with Gasteiger partial charge in [0, 0.05) is 18.1 Å². The molecule has 4 nitrogen and oxygen atoms in total. The maximum absolute atomic E-state index is 12.8. The zero-order chi connectivity index (χ0) is 13.2.